The highest BCUT2D eigenvalue weighted by Crippen LogP contribution is 2.30. The maximum atomic E-state index is 12.6. The topological polar surface area (TPSA) is 73.1 Å². The molecule has 1 heterocycles. The second-order valence-electron chi connectivity index (χ2n) is 4.91. The molecule has 5 nitrogen and oxygen atoms in total. The first-order valence-corrected chi connectivity index (χ1v) is 8.56. The molecule has 25 heavy (non-hydrogen) atoms. The summed E-state index contributed by atoms with van der Waals surface area (Å²) in [4.78, 5) is 3.12. The summed E-state index contributed by atoms with van der Waals surface area (Å²) >= 11 is 5.74. The van der Waals surface area contributed by atoms with Crippen LogP contribution in [0.1, 0.15) is 5.89 Å². The number of benzene rings is 2. The van der Waals surface area contributed by atoms with Crippen molar-refractivity contribution >= 4 is 21.4 Å². The van der Waals surface area contributed by atoms with E-state index in [2.05, 4.69) is 14.7 Å². The van der Waals surface area contributed by atoms with Gasteiger partial charge in [-0.2, -0.15) is 18.2 Å². The van der Waals surface area contributed by atoms with Gasteiger partial charge in [-0.05, 0) is 36.4 Å². The van der Waals surface area contributed by atoms with Crippen LogP contribution in [0.4, 0.5) is 13.2 Å². The van der Waals surface area contributed by atoms with Gasteiger partial charge in [-0.3, -0.25) is 0 Å². The molecule has 10 heteroatoms. The number of hydrogen-bond donors (Lipinski definition) is 0. The van der Waals surface area contributed by atoms with E-state index in [0.717, 1.165) is 0 Å². The molecule has 2 aromatic carbocycles. The molecule has 0 amide bonds. The van der Waals surface area contributed by atoms with E-state index >= 15 is 0 Å². The molecule has 0 aliphatic heterocycles. The zero-order chi connectivity index (χ0) is 18.2. The lowest BCUT2D eigenvalue weighted by molar-refractivity contribution is -0.159. The maximum Gasteiger partial charge on any atom is 0.471 e. The molecule has 1 aromatic heterocycles. The molecular weight excluding hydrogens is 381 g/mol. The normalized spacial score (nSPS) is 12.3. The Kier molecular flexibility index (Phi) is 4.29. The quantitative estimate of drug-likeness (QED) is 0.671. The van der Waals surface area contributed by atoms with Crippen LogP contribution in [-0.2, 0) is 16.0 Å². The third-order valence-corrected chi connectivity index (χ3v) is 5.21. The van der Waals surface area contributed by atoms with E-state index in [-0.39, 0.29) is 21.2 Å². The average molecular weight is 389 g/mol. The van der Waals surface area contributed by atoms with Gasteiger partial charge in [0.2, 0.25) is 15.7 Å². The first kappa shape index (κ1) is 17.4. The van der Waals surface area contributed by atoms with Crippen LogP contribution < -0.4 is 0 Å². The molecule has 3 aromatic rings. The first-order valence-electron chi connectivity index (χ1n) is 6.70. The van der Waals surface area contributed by atoms with Crippen molar-refractivity contribution in [1.29, 1.82) is 0 Å². The van der Waals surface area contributed by atoms with Crippen molar-refractivity contribution in [1.82, 2.24) is 10.1 Å². The van der Waals surface area contributed by atoms with Crippen molar-refractivity contribution in [2.45, 2.75) is 16.0 Å². The van der Waals surface area contributed by atoms with Gasteiger partial charge < -0.3 is 4.52 Å². The van der Waals surface area contributed by atoms with Crippen molar-refractivity contribution in [2.75, 3.05) is 0 Å². The van der Waals surface area contributed by atoms with Crippen molar-refractivity contribution in [3.8, 4) is 11.4 Å². The third kappa shape index (κ3) is 3.52. The SMILES string of the molecule is O=S(=O)(c1ccc(Cl)cc1)c1cccc(-c2noc(C(F)(F)F)n2)c1. The number of sulfone groups is 1. The van der Waals surface area contributed by atoms with E-state index < -0.39 is 21.9 Å². The predicted molar refractivity (Wildman–Crippen MR) is 81.6 cm³/mol. The molecule has 0 fully saturated rings. The fourth-order valence-electron chi connectivity index (χ4n) is 2.01. The fourth-order valence-corrected chi connectivity index (χ4v) is 3.44. The summed E-state index contributed by atoms with van der Waals surface area (Å²) in [6.07, 6.45) is -4.78. The number of aromatic nitrogens is 2. The molecule has 0 aliphatic rings. The minimum Gasteiger partial charge on any atom is -0.329 e. The Hall–Kier alpha value is -2.39. The second-order valence-corrected chi connectivity index (χ2v) is 7.29. The molecule has 0 saturated heterocycles. The maximum absolute atomic E-state index is 12.6. The lowest BCUT2D eigenvalue weighted by Gasteiger charge is -2.06. The molecule has 3 rings (SSSR count). The second kappa shape index (κ2) is 6.16. The summed E-state index contributed by atoms with van der Waals surface area (Å²) in [6.45, 7) is 0. The highest BCUT2D eigenvalue weighted by atomic mass is 35.5. The van der Waals surface area contributed by atoms with Gasteiger partial charge in [0.25, 0.3) is 0 Å². The Morgan fingerprint density at radius 1 is 1.00 bits per heavy atom. The molecule has 0 saturated carbocycles. The van der Waals surface area contributed by atoms with Gasteiger partial charge in [0.15, 0.2) is 0 Å². The van der Waals surface area contributed by atoms with Crippen LogP contribution in [0.5, 0.6) is 0 Å². The average Bonchev–Trinajstić information content (AvgIpc) is 3.06. The molecule has 0 atom stereocenters. The van der Waals surface area contributed by atoms with E-state index in [0.29, 0.717) is 5.02 Å². The minimum absolute atomic E-state index is 0.00172. The van der Waals surface area contributed by atoms with Crippen molar-refractivity contribution in [3.05, 3.63) is 59.4 Å². The summed E-state index contributed by atoms with van der Waals surface area (Å²) in [7, 11) is -3.87. The van der Waals surface area contributed by atoms with Gasteiger partial charge >= 0.3 is 12.1 Å². The van der Waals surface area contributed by atoms with Crippen LogP contribution in [-0.4, -0.2) is 18.6 Å². The van der Waals surface area contributed by atoms with E-state index in [9.17, 15) is 21.6 Å². The Morgan fingerprint density at radius 2 is 1.68 bits per heavy atom. The van der Waals surface area contributed by atoms with E-state index in [4.69, 9.17) is 11.6 Å². The van der Waals surface area contributed by atoms with Gasteiger partial charge in [0.1, 0.15) is 0 Å². The molecule has 0 radical (unpaired) electrons. The predicted octanol–water partition coefficient (Wildman–Crippen LogP) is 4.24. The number of alkyl halides is 3. The molecule has 0 unspecified atom stereocenters. The Morgan fingerprint density at radius 3 is 2.28 bits per heavy atom. The standard InChI is InChI=1S/C15H8ClF3N2O3S/c16-10-4-6-11(7-5-10)25(22,23)12-3-1-2-9(8-12)13-20-14(24-21-13)15(17,18)19/h1-8H. The first-order chi connectivity index (χ1) is 11.7. The number of nitrogens with zero attached hydrogens (tertiary/aromatic N) is 2. The Bertz CT molecular complexity index is 1020. The molecular formula is C15H8ClF3N2O3S. The van der Waals surface area contributed by atoms with Gasteiger partial charge in [-0.25, -0.2) is 8.42 Å². The highest BCUT2D eigenvalue weighted by molar-refractivity contribution is 7.91. The van der Waals surface area contributed by atoms with Crippen LogP contribution in [0, 0.1) is 0 Å². The summed E-state index contributed by atoms with van der Waals surface area (Å²) in [5.74, 6) is -1.87. The van der Waals surface area contributed by atoms with Gasteiger partial charge in [0.05, 0.1) is 9.79 Å². The largest absolute Gasteiger partial charge is 0.471 e. The lowest BCUT2D eigenvalue weighted by atomic mass is 10.2. The zero-order valence-corrected chi connectivity index (χ0v) is 13.7. The van der Waals surface area contributed by atoms with Crippen LogP contribution in [0.2, 0.25) is 5.02 Å². The van der Waals surface area contributed by atoms with Crippen LogP contribution in [0.15, 0.2) is 62.8 Å². The van der Waals surface area contributed by atoms with Crippen molar-refractivity contribution < 1.29 is 26.1 Å². The zero-order valence-electron chi connectivity index (χ0n) is 12.2. The monoisotopic (exact) mass is 388 g/mol. The summed E-state index contributed by atoms with van der Waals surface area (Å²) in [5.41, 5.74) is 0.0780. The fraction of sp³-hybridized carbons (Fsp3) is 0.0667. The van der Waals surface area contributed by atoms with Crippen molar-refractivity contribution in [2.24, 2.45) is 0 Å². The number of hydrogen-bond acceptors (Lipinski definition) is 5. The van der Waals surface area contributed by atoms with E-state index in [1.807, 2.05) is 0 Å². The van der Waals surface area contributed by atoms with Crippen LogP contribution >= 0.6 is 11.6 Å². The molecule has 0 bridgehead atoms. The third-order valence-electron chi connectivity index (χ3n) is 3.20. The molecule has 0 N–H and O–H groups in total. The van der Waals surface area contributed by atoms with Crippen LogP contribution in [0.3, 0.4) is 0 Å². The van der Waals surface area contributed by atoms with Gasteiger partial charge in [0, 0.05) is 10.6 Å². The summed E-state index contributed by atoms with van der Waals surface area (Å²) < 4.78 is 67.0. The highest BCUT2D eigenvalue weighted by Gasteiger charge is 2.38. The lowest BCUT2D eigenvalue weighted by Crippen LogP contribution is -2.05. The van der Waals surface area contributed by atoms with Gasteiger partial charge in [-0.15, -0.1) is 0 Å². The molecule has 130 valence electrons. The Labute approximate surface area is 145 Å². The number of halogens is 4. The van der Waals surface area contributed by atoms with Crippen molar-refractivity contribution in [3.63, 3.8) is 0 Å². The molecule has 0 aliphatic carbocycles. The smallest absolute Gasteiger partial charge is 0.329 e. The minimum atomic E-state index is -4.78. The van der Waals surface area contributed by atoms with Crippen LogP contribution in [0.25, 0.3) is 11.4 Å². The van der Waals surface area contributed by atoms with Gasteiger partial charge in [-0.1, -0.05) is 28.9 Å². The van der Waals surface area contributed by atoms with E-state index in [1.54, 1.807) is 0 Å². The Balaban J connectivity index is 2.02. The summed E-state index contributed by atoms with van der Waals surface area (Å²) in [5, 5.41) is 3.62. The van der Waals surface area contributed by atoms with E-state index in [1.165, 1.54) is 48.5 Å². The number of rotatable bonds is 3. The molecule has 0 spiro atoms. The summed E-state index contributed by atoms with van der Waals surface area (Å²) in [6, 6.07) is 10.8.